The first-order valence-corrected chi connectivity index (χ1v) is 6.75. The van der Waals surface area contributed by atoms with E-state index in [0.29, 0.717) is 0 Å². The van der Waals surface area contributed by atoms with Gasteiger partial charge in [0, 0.05) is 51.0 Å². The van der Waals surface area contributed by atoms with E-state index < -0.39 is 0 Å². The number of hydrogen-bond acceptors (Lipinski definition) is 3. The second kappa shape index (κ2) is 6.16. The molecule has 0 spiro atoms. The predicted octanol–water partition coefficient (Wildman–Crippen LogP) is 1.39. The van der Waals surface area contributed by atoms with Crippen molar-refractivity contribution in [3.05, 3.63) is 29.1 Å². The van der Waals surface area contributed by atoms with Crippen LogP contribution in [-0.2, 0) is 13.6 Å². The van der Waals surface area contributed by atoms with Crippen molar-refractivity contribution >= 4 is 0 Å². The fraction of sp³-hybridized carbons (Fsp3) is 0.643. The van der Waals surface area contributed by atoms with Crippen LogP contribution in [0.5, 0.6) is 0 Å². The van der Waals surface area contributed by atoms with Crippen molar-refractivity contribution in [2.45, 2.75) is 26.8 Å². The molecule has 1 aliphatic rings. The summed E-state index contributed by atoms with van der Waals surface area (Å²) in [6, 6.07) is 0. The van der Waals surface area contributed by atoms with Gasteiger partial charge in [-0.05, 0) is 20.3 Å². The van der Waals surface area contributed by atoms with Gasteiger partial charge in [0.15, 0.2) is 0 Å². The molecule has 0 saturated heterocycles. The maximum atomic E-state index is 4.44. The quantitative estimate of drug-likeness (QED) is 0.631. The maximum absolute atomic E-state index is 4.44. The molecule has 0 saturated carbocycles. The van der Waals surface area contributed by atoms with Gasteiger partial charge in [-0.1, -0.05) is 12.2 Å². The average molecular weight is 248 g/mol. The maximum Gasteiger partial charge on any atom is 0.0641 e. The smallest absolute Gasteiger partial charge is 0.0641 e. The molecule has 1 N–H and O–H groups in total. The van der Waals surface area contributed by atoms with Crippen LogP contribution in [-0.4, -0.2) is 40.9 Å². The Hall–Kier alpha value is -1.13. The Morgan fingerprint density at radius 2 is 2.17 bits per heavy atom. The number of nitrogens with zero attached hydrogens (tertiary/aromatic N) is 3. The summed E-state index contributed by atoms with van der Waals surface area (Å²) in [6.07, 6.45) is 5.73. The van der Waals surface area contributed by atoms with Crippen LogP contribution in [0.15, 0.2) is 12.2 Å². The molecule has 0 amide bonds. The summed E-state index contributed by atoms with van der Waals surface area (Å²) in [7, 11) is 2.01. The molecule has 0 aliphatic carbocycles. The minimum Gasteiger partial charge on any atom is -0.311 e. The van der Waals surface area contributed by atoms with Crippen molar-refractivity contribution in [2.75, 3.05) is 26.2 Å². The van der Waals surface area contributed by atoms with Crippen molar-refractivity contribution < 1.29 is 0 Å². The summed E-state index contributed by atoms with van der Waals surface area (Å²) >= 11 is 0. The molecule has 0 fully saturated rings. The number of rotatable bonds is 5. The standard InChI is InChI=1S/C14H24N4/c1-12-14(13(2)17(3)16-12)11-15-7-10-18-8-5-4-6-9-18/h4-5,15H,6-11H2,1-3H3. The number of nitrogens with one attached hydrogen (secondary N) is 1. The molecule has 1 aromatic rings. The van der Waals surface area contributed by atoms with E-state index in [1.807, 2.05) is 11.7 Å². The zero-order chi connectivity index (χ0) is 13.0. The van der Waals surface area contributed by atoms with E-state index in [-0.39, 0.29) is 0 Å². The van der Waals surface area contributed by atoms with E-state index in [0.717, 1.165) is 31.9 Å². The molecule has 0 atom stereocenters. The Kier molecular flexibility index (Phi) is 4.55. The van der Waals surface area contributed by atoms with Gasteiger partial charge < -0.3 is 5.32 Å². The van der Waals surface area contributed by atoms with Crippen LogP contribution < -0.4 is 5.32 Å². The zero-order valence-corrected chi connectivity index (χ0v) is 11.7. The second-order valence-corrected chi connectivity index (χ2v) is 5.01. The molecule has 4 nitrogen and oxygen atoms in total. The molecule has 18 heavy (non-hydrogen) atoms. The summed E-state index contributed by atoms with van der Waals surface area (Å²) < 4.78 is 1.96. The van der Waals surface area contributed by atoms with Gasteiger partial charge in [-0.25, -0.2) is 0 Å². The largest absolute Gasteiger partial charge is 0.311 e. The average Bonchev–Trinajstić information content (AvgIpc) is 2.61. The highest BCUT2D eigenvalue weighted by Crippen LogP contribution is 2.10. The van der Waals surface area contributed by atoms with Crippen LogP contribution in [0.25, 0.3) is 0 Å². The van der Waals surface area contributed by atoms with Gasteiger partial charge in [-0.2, -0.15) is 5.10 Å². The SMILES string of the molecule is Cc1nn(C)c(C)c1CNCCN1CC=CCC1. The molecule has 0 unspecified atom stereocenters. The van der Waals surface area contributed by atoms with E-state index in [1.54, 1.807) is 0 Å². The minimum absolute atomic E-state index is 0.926. The third-order valence-electron chi connectivity index (χ3n) is 3.71. The summed E-state index contributed by atoms with van der Waals surface area (Å²) in [5, 5.41) is 7.96. The van der Waals surface area contributed by atoms with Crippen molar-refractivity contribution in [1.82, 2.24) is 20.0 Å². The normalized spacial score (nSPS) is 16.4. The lowest BCUT2D eigenvalue weighted by atomic mass is 10.2. The van der Waals surface area contributed by atoms with Crippen LogP contribution in [0, 0.1) is 13.8 Å². The topological polar surface area (TPSA) is 33.1 Å². The molecule has 100 valence electrons. The molecule has 2 heterocycles. The van der Waals surface area contributed by atoms with Crippen molar-refractivity contribution in [3.63, 3.8) is 0 Å². The Labute approximate surface area is 110 Å². The van der Waals surface area contributed by atoms with Crippen LogP contribution >= 0.6 is 0 Å². The highest BCUT2D eigenvalue weighted by atomic mass is 15.3. The second-order valence-electron chi connectivity index (χ2n) is 5.01. The zero-order valence-electron chi connectivity index (χ0n) is 11.7. The molecule has 4 heteroatoms. The summed E-state index contributed by atoms with van der Waals surface area (Å²) in [6.45, 7) is 9.61. The Morgan fingerprint density at radius 3 is 2.78 bits per heavy atom. The Balaban J connectivity index is 1.73. The van der Waals surface area contributed by atoms with E-state index in [2.05, 4.69) is 41.3 Å². The third kappa shape index (κ3) is 3.21. The van der Waals surface area contributed by atoms with Crippen LogP contribution in [0.4, 0.5) is 0 Å². The number of aromatic nitrogens is 2. The van der Waals surface area contributed by atoms with Crippen molar-refractivity contribution in [1.29, 1.82) is 0 Å². The van der Waals surface area contributed by atoms with Gasteiger partial charge in [0.05, 0.1) is 5.69 Å². The monoisotopic (exact) mass is 248 g/mol. The Bertz CT molecular complexity index is 420. The molecule has 0 bridgehead atoms. The predicted molar refractivity (Wildman–Crippen MR) is 74.6 cm³/mol. The van der Waals surface area contributed by atoms with E-state index in [4.69, 9.17) is 0 Å². The summed E-state index contributed by atoms with van der Waals surface area (Å²) in [5.41, 5.74) is 3.75. The Morgan fingerprint density at radius 1 is 1.33 bits per heavy atom. The van der Waals surface area contributed by atoms with Crippen LogP contribution in [0.3, 0.4) is 0 Å². The molecular weight excluding hydrogens is 224 g/mol. The first-order valence-electron chi connectivity index (χ1n) is 6.75. The lowest BCUT2D eigenvalue weighted by Crippen LogP contribution is -2.34. The van der Waals surface area contributed by atoms with Crippen molar-refractivity contribution in [2.24, 2.45) is 7.05 Å². The highest BCUT2D eigenvalue weighted by molar-refractivity contribution is 5.23. The molecule has 0 radical (unpaired) electrons. The van der Waals surface area contributed by atoms with Gasteiger partial charge in [0.2, 0.25) is 0 Å². The summed E-state index contributed by atoms with van der Waals surface area (Å²) in [5.74, 6) is 0. The first kappa shape index (κ1) is 13.3. The van der Waals surface area contributed by atoms with Gasteiger partial charge >= 0.3 is 0 Å². The van der Waals surface area contributed by atoms with E-state index in [9.17, 15) is 0 Å². The summed E-state index contributed by atoms with van der Waals surface area (Å²) in [4.78, 5) is 2.48. The molecule has 2 rings (SSSR count). The van der Waals surface area contributed by atoms with Gasteiger partial charge in [0.25, 0.3) is 0 Å². The van der Waals surface area contributed by atoms with Gasteiger partial charge in [0.1, 0.15) is 0 Å². The molecule has 1 aromatic heterocycles. The lowest BCUT2D eigenvalue weighted by molar-refractivity contribution is 0.297. The van der Waals surface area contributed by atoms with Gasteiger partial charge in [-0.3, -0.25) is 9.58 Å². The fourth-order valence-electron chi connectivity index (χ4n) is 2.42. The third-order valence-corrected chi connectivity index (χ3v) is 3.71. The molecule has 0 aromatic carbocycles. The van der Waals surface area contributed by atoms with Crippen LogP contribution in [0.1, 0.15) is 23.4 Å². The highest BCUT2D eigenvalue weighted by Gasteiger charge is 2.09. The van der Waals surface area contributed by atoms with Gasteiger partial charge in [-0.15, -0.1) is 0 Å². The van der Waals surface area contributed by atoms with Crippen LogP contribution in [0.2, 0.25) is 0 Å². The minimum atomic E-state index is 0.926. The van der Waals surface area contributed by atoms with Crippen molar-refractivity contribution in [3.8, 4) is 0 Å². The van der Waals surface area contributed by atoms with E-state index >= 15 is 0 Å². The van der Waals surface area contributed by atoms with E-state index in [1.165, 1.54) is 24.2 Å². The number of aryl methyl sites for hydroxylation is 2. The molecular formula is C14H24N4. The first-order chi connectivity index (χ1) is 8.68. The molecule has 1 aliphatic heterocycles. The lowest BCUT2D eigenvalue weighted by Gasteiger charge is -2.22. The number of hydrogen-bond donors (Lipinski definition) is 1. The fourth-order valence-corrected chi connectivity index (χ4v) is 2.42.